The summed E-state index contributed by atoms with van der Waals surface area (Å²) in [5.74, 6) is 0.641. The number of rotatable bonds is 5. The van der Waals surface area contributed by atoms with Crippen molar-refractivity contribution in [1.29, 1.82) is 0 Å². The van der Waals surface area contributed by atoms with Crippen molar-refractivity contribution in [2.75, 3.05) is 13.1 Å². The third kappa shape index (κ3) is 2.94. The number of ketones is 1. The summed E-state index contributed by atoms with van der Waals surface area (Å²) in [6, 6.07) is 3.68. The Bertz CT molecular complexity index is 400. The van der Waals surface area contributed by atoms with Gasteiger partial charge in [-0.05, 0) is 23.8 Å². The lowest BCUT2D eigenvalue weighted by atomic mass is 10.0. The molecule has 0 spiro atoms. The van der Waals surface area contributed by atoms with Gasteiger partial charge in [-0.1, -0.05) is 19.4 Å². The Morgan fingerprint density at radius 1 is 1.59 bits per heavy atom. The first-order chi connectivity index (χ1) is 8.20. The van der Waals surface area contributed by atoms with Crippen LogP contribution < -0.4 is 0 Å². The van der Waals surface area contributed by atoms with Gasteiger partial charge in [-0.25, -0.2) is 0 Å². The van der Waals surface area contributed by atoms with E-state index in [4.69, 9.17) is 0 Å². The molecule has 1 atom stereocenters. The van der Waals surface area contributed by atoms with Crippen molar-refractivity contribution in [3.05, 3.63) is 22.4 Å². The van der Waals surface area contributed by atoms with Gasteiger partial charge in [-0.3, -0.25) is 9.59 Å². The monoisotopic (exact) mass is 251 g/mol. The van der Waals surface area contributed by atoms with Crippen LogP contribution in [0.15, 0.2) is 17.5 Å². The van der Waals surface area contributed by atoms with Crippen molar-refractivity contribution in [3.8, 4) is 0 Å². The molecule has 1 aliphatic heterocycles. The van der Waals surface area contributed by atoms with E-state index >= 15 is 0 Å². The van der Waals surface area contributed by atoms with E-state index in [1.165, 1.54) is 11.3 Å². The molecule has 0 bridgehead atoms. The Hall–Kier alpha value is -1.16. The molecule has 17 heavy (non-hydrogen) atoms. The SMILES string of the molecule is CCCC1CC(=O)N(CC(=O)c2cccs2)C1. The van der Waals surface area contributed by atoms with Crippen LogP contribution in [0.25, 0.3) is 0 Å². The number of carbonyl (C=O) groups excluding carboxylic acids is 2. The molecular weight excluding hydrogens is 234 g/mol. The first-order valence-corrected chi connectivity index (χ1v) is 6.93. The van der Waals surface area contributed by atoms with E-state index in [-0.39, 0.29) is 18.2 Å². The molecule has 0 aromatic carbocycles. The number of Topliss-reactive ketones (excluding diaryl/α,β-unsaturated/α-hetero) is 1. The summed E-state index contributed by atoms with van der Waals surface area (Å²) in [5.41, 5.74) is 0. The van der Waals surface area contributed by atoms with E-state index in [1.54, 1.807) is 4.90 Å². The van der Waals surface area contributed by atoms with E-state index in [0.717, 1.165) is 24.3 Å². The van der Waals surface area contributed by atoms with Crippen LogP contribution in [0.3, 0.4) is 0 Å². The molecule has 1 unspecified atom stereocenters. The highest BCUT2D eigenvalue weighted by Gasteiger charge is 2.30. The standard InChI is InChI=1S/C13H17NO2S/c1-2-4-10-7-13(16)14(8-10)9-11(15)12-5-3-6-17-12/h3,5-6,10H,2,4,7-9H2,1H3. The topological polar surface area (TPSA) is 37.4 Å². The molecule has 0 aliphatic carbocycles. The number of hydrogen-bond acceptors (Lipinski definition) is 3. The molecule has 2 rings (SSSR count). The van der Waals surface area contributed by atoms with Gasteiger partial charge in [0.25, 0.3) is 0 Å². The fourth-order valence-corrected chi connectivity index (χ4v) is 2.95. The summed E-state index contributed by atoms with van der Waals surface area (Å²) in [4.78, 5) is 26.1. The van der Waals surface area contributed by atoms with Crippen LogP contribution in [-0.4, -0.2) is 29.7 Å². The summed E-state index contributed by atoms with van der Waals surface area (Å²) in [7, 11) is 0. The molecule has 1 saturated heterocycles. The lowest BCUT2D eigenvalue weighted by Gasteiger charge is -2.14. The number of likely N-dealkylation sites (tertiary alicyclic amines) is 1. The molecule has 2 heterocycles. The van der Waals surface area contributed by atoms with Crippen LogP contribution in [0, 0.1) is 5.92 Å². The van der Waals surface area contributed by atoms with Gasteiger partial charge in [0.1, 0.15) is 0 Å². The Balaban J connectivity index is 1.91. The van der Waals surface area contributed by atoms with Crippen molar-refractivity contribution in [3.63, 3.8) is 0 Å². The molecule has 3 nitrogen and oxygen atoms in total. The van der Waals surface area contributed by atoms with E-state index in [9.17, 15) is 9.59 Å². The van der Waals surface area contributed by atoms with Crippen molar-refractivity contribution in [2.24, 2.45) is 5.92 Å². The fourth-order valence-electron chi connectivity index (χ4n) is 2.30. The van der Waals surface area contributed by atoms with Crippen molar-refractivity contribution >= 4 is 23.0 Å². The Labute approximate surface area is 105 Å². The summed E-state index contributed by atoms with van der Waals surface area (Å²) >= 11 is 1.44. The first-order valence-electron chi connectivity index (χ1n) is 6.05. The normalized spacial score (nSPS) is 19.9. The first kappa shape index (κ1) is 12.3. The second kappa shape index (κ2) is 5.45. The van der Waals surface area contributed by atoms with Gasteiger partial charge < -0.3 is 4.90 Å². The lowest BCUT2D eigenvalue weighted by molar-refractivity contribution is -0.127. The quantitative estimate of drug-likeness (QED) is 0.754. The van der Waals surface area contributed by atoms with E-state index in [0.29, 0.717) is 12.3 Å². The van der Waals surface area contributed by atoms with Gasteiger partial charge in [0.05, 0.1) is 11.4 Å². The number of hydrogen-bond donors (Lipinski definition) is 0. The zero-order valence-corrected chi connectivity index (χ0v) is 10.8. The van der Waals surface area contributed by atoms with Crippen molar-refractivity contribution in [2.45, 2.75) is 26.2 Å². The largest absolute Gasteiger partial charge is 0.335 e. The van der Waals surface area contributed by atoms with Crippen LogP contribution in [0.1, 0.15) is 35.9 Å². The maximum atomic E-state index is 11.9. The van der Waals surface area contributed by atoms with Crippen LogP contribution in [0.5, 0.6) is 0 Å². The van der Waals surface area contributed by atoms with Gasteiger partial charge in [-0.2, -0.15) is 0 Å². The Morgan fingerprint density at radius 3 is 3.06 bits per heavy atom. The van der Waals surface area contributed by atoms with E-state index < -0.39 is 0 Å². The third-order valence-corrected chi connectivity index (χ3v) is 4.03. The molecule has 0 N–H and O–H groups in total. The molecule has 1 amide bonds. The summed E-state index contributed by atoms with van der Waals surface area (Å²) in [6.07, 6.45) is 2.80. The van der Waals surface area contributed by atoms with Crippen LogP contribution in [-0.2, 0) is 4.79 Å². The smallest absolute Gasteiger partial charge is 0.223 e. The highest BCUT2D eigenvalue weighted by molar-refractivity contribution is 7.12. The zero-order valence-electron chi connectivity index (χ0n) is 10.0. The highest BCUT2D eigenvalue weighted by atomic mass is 32.1. The molecule has 0 radical (unpaired) electrons. The molecule has 1 fully saturated rings. The number of carbonyl (C=O) groups is 2. The fraction of sp³-hybridized carbons (Fsp3) is 0.538. The van der Waals surface area contributed by atoms with Crippen LogP contribution in [0.4, 0.5) is 0 Å². The summed E-state index contributed by atoms with van der Waals surface area (Å²) < 4.78 is 0. The molecule has 1 aliphatic rings. The van der Waals surface area contributed by atoms with E-state index in [1.807, 2.05) is 17.5 Å². The number of amides is 1. The summed E-state index contributed by atoms with van der Waals surface area (Å²) in [6.45, 7) is 3.13. The second-order valence-electron chi connectivity index (χ2n) is 4.53. The van der Waals surface area contributed by atoms with Crippen molar-refractivity contribution < 1.29 is 9.59 Å². The van der Waals surface area contributed by atoms with Crippen LogP contribution in [0.2, 0.25) is 0 Å². The third-order valence-electron chi connectivity index (χ3n) is 3.12. The molecule has 1 aromatic rings. The minimum Gasteiger partial charge on any atom is -0.335 e. The zero-order chi connectivity index (χ0) is 12.3. The Morgan fingerprint density at radius 2 is 2.41 bits per heavy atom. The Kier molecular flexibility index (Phi) is 3.94. The van der Waals surface area contributed by atoms with E-state index in [2.05, 4.69) is 6.92 Å². The predicted octanol–water partition coefficient (Wildman–Crippen LogP) is 2.58. The van der Waals surface area contributed by atoms with Gasteiger partial charge in [0.2, 0.25) is 5.91 Å². The number of nitrogens with zero attached hydrogens (tertiary/aromatic N) is 1. The predicted molar refractivity (Wildman–Crippen MR) is 68.2 cm³/mol. The average Bonchev–Trinajstić information content (AvgIpc) is 2.90. The number of thiophene rings is 1. The lowest BCUT2D eigenvalue weighted by Crippen LogP contribution is -2.31. The molecule has 92 valence electrons. The molecular formula is C13H17NO2S. The minimum atomic E-state index is 0.0606. The second-order valence-corrected chi connectivity index (χ2v) is 5.48. The molecule has 0 saturated carbocycles. The highest BCUT2D eigenvalue weighted by Crippen LogP contribution is 2.22. The molecule has 1 aromatic heterocycles. The van der Waals surface area contributed by atoms with Crippen LogP contribution >= 0.6 is 11.3 Å². The van der Waals surface area contributed by atoms with Gasteiger partial charge >= 0.3 is 0 Å². The maximum Gasteiger partial charge on any atom is 0.223 e. The molecule has 4 heteroatoms. The van der Waals surface area contributed by atoms with Gasteiger partial charge in [-0.15, -0.1) is 11.3 Å². The summed E-state index contributed by atoms with van der Waals surface area (Å²) in [5, 5.41) is 1.89. The van der Waals surface area contributed by atoms with Gasteiger partial charge in [0.15, 0.2) is 5.78 Å². The van der Waals surface area contributed by atoms with Crippen molar-refractivity contribution in [1.82, 2.24) is 4.90 Å². The van der Waals surface area contributed by atoms with Gasteiger partial charge in [0, 0.05) is 13.0 Å². The average molecular weight is 251 g/mol. The maximum absolute atomic E-state index is 11.9. The minimum absolute atomic E-state index is 0.0606.